The van der Waals surface area contributed by atoms with Crippen molar-refractivity contribution in [1.29, 1.82) is 0 Å². The third-order valence-corrected chi connectivity index (χ3v) is 15.3. The van der Waals surface area contributed by atoms with Gasteiger partial charge in [-0.25, -0.2) is 36.8 Å². The van der Waals surface area contributed by atoms with Crippen LogP contribution >= 0.6 is 22.7 Å². The van der Waals surface area contributed by atoms with Crippen molar-refractivity contribution in [2.24, 2.45) is 0 Å². The Morgan fingerprint density at radius 1 is 0.530 bits per heavy atom. The van der Waals surface area contributed by atoms with E-state index in [0.717, 1.165) is 22.5 Å². The van der Waals surface area contributed by atoms with Gasteiger partial charge in [-0.15, -0.1) is 0 Å². The molecule has 0 aliphatic carbocycles. The third kappa shape index (κ3) is 9.74. The van der Waals surface area contributed by atoms with Gasteiger partial charge in [0.15, 0.2) is 23.0 Å². The fourth-order valence-corrected chi connectivity index (χ4v) is 11.7. The molecule has 0 saturated carbocycles. The molecule has 2 aliphatic rings. The van der Waals surface area contributed by atoms with Gasteiger partial charge in [-0.3, -0.25) is 0 Å². The lowest BCUT2D eigenvalue weighted by Crippen LogP contribution is -2.29. The lowest BCUT2D eigenvalue weighted by atomic mass is 10.1. The first kappa shape index (κ1) is 44.8. The van der Waals surface area contributed by atoms with E-state index in [1.807, 2.05) is 48.5 Å². The van der Waals surface area contributed by atoms with E-state index in [1.54, 1.807) is 63.0 Å². The van der Waals surface area contributed by atoms with Crippen molar-refractivity contribution < 1.29 is 45.3 Å². The zero-order chi connectivity index (χ0) is 45.7. The molecule has 20 heteroatoms. The highest BCUT2D eigenvalue weighted by Crippen LogP contribution is 2.39. The number of hydrogen-bond acceptors (Lipinski definition) is 16. The van der Waals surface area contributed by atoms with Crippen LogP contribution in [0.3, 0.4) is 0 Å². The van der Waals surface area contributed by atoms with E-state index in [-0.39, 0.29) is 9.79 Å². The highest BCUT2D eigenvalue weighted by molar-refractivity contribution is 7.89. The average molecular weight is 967 g/mol. The summed E-state index contributed by atoms with van der Waals surface area (Å²) in [6.07, 6.45) is 4.84. The van der Waals surface area contributed by atoms with Crippen LogP contribution in [0.5, 0.6) is 34.5 Å². The number of sulfonamides is 2. The Hall–Kier alpha value is -6.42. The van der Waals surface area contributed by atoms with Crippen molar-refractivity contribution in [2.75, 3.05) is 40.6 Å². The predicted octanol–water partition coefficient (Wildman–Crippen LogP) is 7.86. The smallest absolute Gasteiger partial charge is 0.241 e. The van der Waals surface area contributed by atoms with Gasteiger partial charge in [-0.2, -0.15) is 9.44 Å². The van der Waals surface area contributed by atoms with Crippen LogP contribution < -0.4 is 37.9 Å². The van der Waals surface area contributed by atoms with Gasteiger partial charge in [0.1, 0.15) is 54.3 Å². The maximum Gasteiger partial charge on any atom is 0.241 e. The molecule has 0 unspecified atom stereocenters. The number of thiazole rings is 2. The summed E-state index contributed by atoms with van der Waals surface area (Å²) in [5, 5.41) is 1.12. The summed E-state index contributed by atoms with van der Waals surface area (Å²) in [5.74, 6) is 2.99. The monoisotopic (exact) mass is 966 g/mol. The summed E-state index contributed by atoms with van der Waals surface area (Å²) < 4.78 is 93.2. The Morgan fingerprint density at radius 2 is 0.939 bits per heavy atom. The minimum Gasteiger partial charge on any atom is -0.496 e. The molecule has 0 fully saturated rings. The third-order valence-electron chi connectivity index (χ3n) is 10.4. The van der Waals surface area contributed by atoms with Crippen molar-refractivity contribution in [2.45, 2.75) is 34.7 Å². The molecule has 0 saturated heterocycles. The molecule has 0 radical (unpaired) electrons. The molecule has 2 aliphatic heterocycles. The molecule has 10 rings (SSSR count). The number of benzene rings is 4. The van der Waals surface area contributed by atoms with Gasteiger partial charge in [0.2, 0.25) is 20.0 Å². The predicted molar refractivity (Wildman–Crippen MR) is 249 cm³/mol. The number of methoxy groups -OCH3 is 2. The van der Waals surface area contributed by atoms with Crippen LogP contribution in [0, 0.1) is 0 Å². The lowest BCUT2D eigenvalue weighted by molar-refractivity contribution is 0.296. The minimum atomic E-state index is -3.96. The van der Waals surface area contributed by atoms with Crippen LogP contribution in [-0.2, 0) is 20.0 Å². The number of hydrogen-bond donors (Lipinski definition) is 2. The molecular weight excluding hydrogens is 925 g/mol. The molecular formula is C46H42N6O10S4. The maximum absolute atomic E-state index is 13.5. The van der Waals surface area contributed by atoms with Gasteiger partial charge >= 0.3 is 0 Å². The quantitative estimate of drug-likeness (QED) is 0.120. The van der Waals surface area contributed by atoms with Crippen molar-refractivity contribution in [3.8, 4) is 34.5 Å². The molecule has 4 aromatic carbocycles. The molecule has 16 nitrogen and oxygen atoms in total. The molecule has 4 aromatic heterocycles. The van der Waals surface area contributed by atoms with Gasteiger partial charge in [0.05, 0.1) is 50.4 Å². The van der Waals surface area contributed by atoms with Crippen LogP contribution in [0.15, 0.2) is 131 Å². The molecule has 66 heavy (non-hydrogen) atoms. The van der Waals surface area contributed by atoms with Gasteiger partial charge in [-0.1, -0.05) is 59.1 Å². The van der Waals surface area contributed by atoms with E-state index in [9.17, 15) is 16.8 Å². The van der Waals surface area contributed by atoms with E-state index >= 15 is 0 Å². The number of fused-ring (bicyclic) bond motifs is 4. The Labute approximate surface area is 388 Å². The molecule has 340 valence electrons. The van der Waals surface area contributed by atoms with E-state index < -0.39 is 32.1 Å². The second kappa shape index (κ2) is 19.6. The first-order chi connectivity index (χ1) is 32.1. The number of nitrogens with zero attached hydrogens (tertiary/aromatic N) is 4. The lowest BCUT2D eigenvalue weighted by Gasteiger charge is -2.20. The van der Waals surface area contributed by atoms with Gasteiger partial charge in [0, 0.05) is 48.5 Å². The van der Waals surface area contributed by atoms with Crippen molar-refractivity contribution >= 4 is 63.4 Å². The van der Waals surface area contributed by atoms with Gasteiger partial charge < -0.3 is 28.4 Å². The zero-order valence-electron chi connectivity index (χ0n) is 35.4. The fourth-order valence-electron chi connectivity index (χ4n) is 7.19. The number of ether oxygens (including phenoxy) is 6. The SMILES string of the molecule is COc1ccccc1[C@@H](NS(=O)(=O)c1ccc2c(c1)OCCCO2)c1nc2cccnc2s1.COc1ccccc1[C@H](NS(=O)(=O)c1ccc2c(c1)OCCCO2)c1nc2cccnc2s1. The first-order valence-corrected chi connectivity index (χ1v) is 25.2. The second-order valence-corrected chi connectivity index (χ2v) is 20.1. The Kier molecular flexibility index (Phi) is 13.3. The first-order valence-electron chi connectivity index (χ1n) is 20.6. The zero-order valence-corrected chi connectivity index (χ0v) is 38.7. The Balaban J connectivity index is 0.000000166. The molecule has 2 atom stereocenters. The number of aromatic nitrogens is 4. The van der Waals surface area contributed by atoms with Crippen molar-refractivity contribution in [3.63, 3.8) is 0 Å². The largest absolute Gasteiger partial charge is 0.496 e. The maximum atomic E-state index is 13.5. The number of para-hydroxylation sites is 2. The number of rotatable bonds is 12. The summed E-state index contributed by atoms with van der Waals surface area (Å²) in [7, 11) is -4.82. The van der Waals surface area contributed by atoms with Crippen molar-refractivity contribution in [1.82, 2.24) is 29.4 Å². The average Bonchev–Trinajstić information content (AvgIpc) is 3.80. The topological polar surface area (TPSA) is 199 Å². The minimum absolute atomic E-state index is 0.0749. The molecule has 2 N–H and O–H groups in total. The Morgan fingerprint density at radius 3 is 1.35 bits per heavy atom. The van der Waals surface area contributed by atoms with Crippen LogP contribution in [0.1, 0.15) is 46.1 Å². The summed E-state index contributed by atoms with van der Waals surface area (Å²) in [6, 6.07) is 29.5. The van der Waals surface area contributed by atoms with E-state index in [1.165, 1.54) is 46.9 Å². The number of nitrogens with one attached hydrogen (secondary N) is 2. The summed E-state index contributed by atoms with van der Waals surface area (Å²) >= 11 is 2.66. The van der Waals surface area contributed by atoms with E-state index in [4.69, 9.17) is 28.4 Å². The molecule has 0 amide bonds. The van der Waals surface area contributed by atoms with Crippen LogP contribution in [0.4, 0.5) is 0 Å². The molecule has 8 aromatic rings. The standard InChI is InChI=1S/2C23H21N3O5S2/c2*1-29-18-8-3-2-6-16(18)21(23-25-17-7-4-11-24-22(17)32-23)26-33(27,28)15-9-10-19-20(14-15)31-13-5-12-30-19/h2*2-4,6-11,14,21,26H,5,12-13H2,1H3/t2*21-/m10/s1. The number of pyridine rings is 2. The normalized spacial score (nSPS) is 14.6. The van der Waals surface area contributed by atoms with Crippen LogP contribution in [0.25, 0.3) is 20.7 Å². The summed E-state index contributed by atoms with van der Waals surface area (Å²) in [5.41, 5.74) is 2.70. The summed E-state index contributed by atoms with van der Waals surface area (Å²) in [6.45, 7) is 1.98. The Bertz CT molecular complexity index is 2960. The van der Waals surface area contributed by atoms with Gasteiger partial charge in [-0.05, 0) is 60.7 Å². The van der Waals surface area contributed by atoms with Crippen molar-refractivity contribution in [3.05, 3.63) is 143 Å². The highest BCUT2D eigenvalue weighted by atomic mass is 32.2. The fraction of sp³-hybridized carbons (Fsp3) is 0.217. The van der Waals surface area contributed by atoms with E-state index in [2.05, 4.69) is 29.4 Å². The highest BCUT2D eigenvalue weighted by Gasteiger charge is 2.31. The summed E-state index contributed by atoms with van der Waals surface area (Å²) in [4.78, 5) is 19.6. The van der Waals surface area contributed by atoms with Gasteiger partial charge in [0.25, 0.3) is 0 Å². The van der Waals surface area contributed by atoms with Crippen LogP contribution in [0.2, 0.25) is 0 Å². The molecule has 0 spiro atoms. The second-order valence-electron chi connectivity index (χ2n) is 14.7. The molecule has 0 bridgehead atoms. The molecule has 6 heterocycles. The van der Waals surface area contributed by atoms with Crippen LogP contribution in [-0.4, -0.2) is 77.4 Å². The van der Waals surface area contributed by atoms with E-state index in [0.29, 0.717) is 93.1 Å².